The van der Waals surface area contributed by atoms with Crippen LogP contribution in [0, 0.1) is 0 Å². The van der Waals surface area contributed by atoms with Gasteiger partial charge in [-0.25, -0.2) is 13.3 Å². The topological polar surface area (TPSA) is 33.9 Å². The standard InChI is InChI=1S/C69H81O3.BF4/c1-64(2,3)58-37-49(38-59(70-58)65(4,5)6)22-19-46-25-31-52(32-26-46)55-43-56(53-33-27-47(28-34-53)20-23-50-39-60(66(7,8)9)71-61(40-50)67(10,11)12)45-57(44-55)54-35-29-48(30-36-54)21-24-51-41-62(68(13,14)15)72-63(42-51)69(16,17)18;2-1(3,4)5/h19-45H,1-18H3;/q+3;-1/b22-19+,23-20+,24-21+;. The largest absolute Gasteiger partial charge is 0.673 e. The molecule has 0 saturated carbocycles. The molecular weight excluding hydrogens is 964 g/mol. The van der Waals surface area contributed by atoms with Crippen molar-refractivity contribution in [3.05, 3.63) is 195 Å². The maximum absolute atomic E-state index is 9.75. The molecule has 0 unspecified atom stereocenters. The second kappa shape index (κ2) is 22.7. The van der Waals surface area contributed by atoms with Crippen LogP contribution >= 0.6 is 0 Å². The summed E-state index contributed by atoms with van der Waals surface area (Å²) in [5, 5.41) is 0. The predicted molar refractivity (Wildman–Crippen MR) is 321 cm³/mol. The molecule has 0 bridgehead atoms. The van der Waals surface area contributed by atoms with Gasteiger partial charge in [0, 0.05) is 36.4 Å². The number of halogens is 4. The van der Waals surface area contributed by atoms with Crippen molar-refractivity contribution in [3.63, 3.8) is 0 Å². The van der Waals surface area contributed by atoms with Crippen LogP contribution in [0.25, 0.3) is 69.8 Å². The average Bonchev–Trinajstić information content (AvgIpc) is 3.33. The van der Waals surface area contributed by atoms with Crippen LogP contribution < -0.4 is 0 Å². The molecule has 0 fully saturated rings. The van der Waals surface area contributed by atoms with Crippen molar-refractivity contribution < 1.29 is 30.5 Å². The molecule has 7 aromatic rings. The van der Waals surface area contributed by atoms with E-state index in [1.165, 1.54) is 0 Å². The number of hydrogen-bond acceptors (Lipinski definition) is 0. The molecule has 0 aliphatic heterocycles. The molecule has 0 atom stereocenters. The van der Waals surface area contributed by atoms with Gasteiger partial charge in [0.25, 0.3) is 0 Å². The van der Waals surface area contributed by atoms with Crippen LogP contribution in [0.15, 0.2) is 141 Å². The Bertz CT molecular complexity index is 2790. The van der Waals surface area contributed by atoms with E-state index in [0.29, 0.717) is 0 Å². The van der Waals surface area contributed by atoms with E-state index in [4.69, 9.17) is 13.3 Å². The van der Waals surface area contributed by atoms with E-state index in [0.717, 1.165) is 101 Å². The molecule has 77 heavy (non-hydrogen) atoms. The molecule has 0 saturated heterocycles. The van der Waals surface area contributed by atoms with Crippen molar-refractivity contribution in [2.75, 3.05) is 0 Å². The Labute approximate surface area is 458 Å². The van der Waals surface area contributed by atoms with Gasteiger partial charge >= 0.3 is 41.8 Å². The molecule has 8 heteroatoms. The highest BCUT2D eigenvalue weighted by atomic mass is 19.5. The van der Waals surface area contributed by atoms with Crippen LogP contribution in [0.1, 0.15) is 193 Å². The lowest BCUT2D eigenvalue weighted by Crippen LogP contribution is -2.16. The van der Waals surface area contributed by atoms with E-state index in [2.05, 4.69) is 288 Å². The van der Waals surface area contributed by atoms with Gasteiger partial charge in [-0.05, 0) is 210 Å². The predicted octanol–water partition coefficient (Wildman–Crippen LogP) is 21.9. The molecule has 0 N–H and O–H groups in total. The summed E-state index contributed by atoms with van der Waals surface area (Å²) in [6, 6.07) is 46.8. The molecule has 0 radical (unpaired) electrons. The van der Waals surface area contributed by atoms with E-state index in [1.807, 2.05) is 0 Å². The molecule has 404 valence electrons. The van der Waals surface area contributed by atoms with Gasteiger partial charge in [-0.2, -0.15) is 0 Å². The van der Waals surface area contributed by atoms with Crippen LogP contribution in [0.5, 0.6) is 0 Å². The van der Waals surface area contributed by atoms with Crippen molar-refractivity contribution >= 4 is 43.7 Å². The first-order valence-electron chi connectivity index (χ1n) is 26.7. The van der Waals surface area contributed by atoms with E-state index in [-0.39, 0.29) is 32.5 Å². The van der Waals surface area contributed by atoms with E-state index < -0.39 is 7.25 Å². The minimum absolute atomic E-state index is 0.100. The fraction of sp³-hybridized carbons (Fsp3) is 0.348. The molecule has 3 aromatic heterocycles. The summed E-state index contributed by atoms with van der Waals surface area (Å²) in [5.74, 6) is 5.91. The first-order valence-corrected chi connectivity index (χ1v) is 26.7. The zero-order valence-electron chi connectivity index (χ0n) is 48.9. The van der Waals surface area contributed by atoms with E-state index in [1.54, 1.807) is 0 Å². The van der Waals surface area contributed by atoms with Crippen LogP contribution in [-0.4, -0.2) is 7.25 Å². The van der Waals surface area contributed by atoms with Crippen molar-refractivity contribution in [2.45, 2.75) is 157 Å². The van der Waals surface area contributed by atoms with Gasteiger partial charge in [0.15, 0.2) is 0 Å². The Kier molecular flexibility index (Phi) is 17.6. The Morgan fingerprint density at radius 1 is 0.247 bits per heavy atom. The summed E-state index contributed by atoms with van der Waals surface area (Å²) < 4.78 is 58.3. The molecule has 7 rings (SSSR count). The van der Waals surface area contributed by atoms with Gasteiger partial charge in [0.1, 0.15) is 0 Å². The molecule has 3 nitrogen and oxygen atoms in total. The Hall–Kier alpha value is -6.67. The lowest BCUT2D eigenvalue weighted by molar-refractivity contribution is 0.328. The third-order valence-corrected chi connectivity index (χ3v) is 13.0. The maximum atomic E-state index is 9.75. The van der Waals surface area contributed by atoms with Crippen molar-refractivity contribution in [3.8, 4) is 33.4 Å². The lowest BCUT2D eigenvalue weighted by Gasteiger charge is -2.14. The lowest BCUT2D eigenvalue weighted by atomic mass is 9.88. The van der Waals surface area contributed by atoms with Gasteiger partial charge < -0.3 is 17.3 Å². The van der Waals surface area contributed by atoms with Crippen LogP contribution in [0.4, 0.5) is 17.3 Å². The van der Waals surface area contributed by atoms with Gasteiger partial charge in [-0.1, -0.05) is 109 Å². The fourth-order valence-corrected chi connectivity index (χ4v) is 8.14. The Balaban J connectivity index is 0.00000183. The molecule has 3 heterocycles. The third kappa shape index (κ3) is 17.4. The summed E-state index contributed by atoms with van der Waals surface area (Å²) in [7, 11) is -6.00. The van der Waals surface area contributed by atoms with E-state index >= 15 is 0 Å². The zero-order chi connectivity index (χ0) is 57.1. The molecule has 0 spiro atoms. The Morgan fingerprint density at radius 2 is 0.403 bits per heavy atom. The third-order valence-electron chi connectivity index (χ3n) is 13.0. The Morgan fingerprint density at radius 3 is 0.558 bits per heavy atom. The highest BCUT2D eigenvalue weighted by Crippen LogP contribution is 2.37. The minimum atomic E-state index is -6.00. The minimum Gasteiger partial charge on any atom is -0.418 e. The monoisotopic (exact) mass is 1040 g/mol. The molecule has 0 aliphatic carbocycles. The molecular formula is C69H81BF4O3+2. The van der Waals surface area contributed by atoms with Crippen LogP contribution in [-0.2, 0) is 32.5 Å². The quantitative estimate of drug-likeness (QED) is 0.0821. The summed E-state index contributed by atoms with van der Waals surface area (Å²) in [5.41, 5.74) is 13.2. The highest BCUT2D eigenvalue weighted by Gasteiger charge is 2.36. The SMILES string of the molecule is CC(C)(C)c1cc(/C=C/c2ccc(-c3cc(-c4ccc(/C=C/c5cc(C(C)(C)C)[o+]c(C(C)(C)C)c5)cc4)cc(-c4ccc(/C=C/c5cc(C(C)(C)C)[o+]c(C(C)(C)C)c5)cc4)c3)cc2)cc(C(C)(C)C)[o+]1.F[B-](F)(F)F. The second-order valence-corrected chi connectivity index (χ2v) is 26.5. The van der Waals surface area contributed by atoms with Gasteiger partial charge in [0.05, 0.1) is 32.5 Å². The van der Waals surface area contributed by atoms with Crippen molar-refractivity contribution in [1.82, 2.24) is 0 Å². The van der Waals surface area contributed by atoms with Gasteiger partial charge in [-0.15, -0.1) is 0 Å². The molecule has 0 amide bonds. The molecule has 4 aromatic carbocycles. The van der Waals surface area contributed by atoms with Crippen LogP contribution in [0.2, 0.25) is 0 Å². The first-order chi connectivity index (χ1) is 35.4. The first kappa shape index (κ1) is 59.6. The van der Waals surface area contributed by atoms with Crippen LogP contribution in [0.3, 0.4) is 0 Å². The summed E-state index contributed by atoms with van der Waals surface area (Å²) in [6.45, 7) is 39.6. The van der Waals surface area contributed by atoms with Crippen molar-refractivity contribution in [1.29, 1.82) is 0 Å². The number of rotatable bonds is 9. The second-order valence-electron chi connectivity index (χ2n) is 26.5. The van der Waals surface area contributed by atoms with Gasteiger partial charge in [0.2, 0.25) is 0 Å². The van der Waals surface area contributed by atoms with E-state index in [9.17, 15) is 17.3 Å². The smallest absolute Gasteiger partial charge is 0.418 e. The zero-order valence-corrected chi connectivity index (χ0v) is 48.9. The normalized spacial score (nSPS) is 13.2. The summed E-state index contributed by atoms with van der Waals surface area (Å²) in [6.07, 6.45) is 13.2. The number of benzene rings is 4. The number of hydrogen-bond donors (Lipinski definition) is 0. The average molecular weight is 1050 g/mol. The highest BCUT2D eigenvalue weighted by molar-refractivity contribution is 6.50. The van der Waals surface area contributed by atoms with Gasteiger partial charge in [-0.3, -0.25) is 0 Å². The fourth-order valence-electron chi connectivity index (χ4n) is 8.14. The summed E-state index contributed by atoms with van der Waals surface area (Å²) in [4.78, 5) is 0. The maximum Gasteiger partial charge on any atom is 0.673 e. The summed E-state index contributed by atoms with van der Waals surface area (Å²) >= 11 is 0. The van der Waals surface area contributed by atoms with Crippen molar-refractivity contribution in [2.24, 2.45) is 0 Å². The molecule has 0 aliphatic rings.